The number of nitrogens with two attached hydrogens (primary N) is 1. The Morgan fingerprint density at radius 2 is 1.88 bits per heavy atom. The lowest BCUT2D eigenvalue weighted by molar-refractivity contribution is 0.100. The molecule has 7 heteroatoms. The fraction of sp³-hybridized carbons (Fsp3) is 0.235. The van der Waals surface area contributed by atoms with Gasteiger partial charge in [-0.1, -0.05) is 29.8 Å². The third-order valence-electron chi connectivity index (χ3n) is 3.42. The second-order valence-corrected chi connectivity index (χ2v) is 5.54. The highest BCUT2D eigenvalue weighted by molar-refractivity contribution is 6.29. The van der Waals surface area contributed by atoms with Crippen LogP contribution in [0.2, 0.25) is 5.15 Å². The number of guanidine groups is 1. The van der Waals surface area contributed by atoms with Crippen molar-refractivity contribution in [3.05, 3.63) is 64.4 Å². The average molecular weight is 346 g/mol. The van der Waals surface area contributed by atoms with Gasteiger partial charge in [0.1, 0.15) is 5.15 Å². The molecule has 2 aromatic rings. The number of nitrogens with one attached hydrogen (secondary N) is 2. The van der Waals surface area contributed by atoms with E-state index in [2.05, 4.69) is 20.6 Å². The number of hydrogen-bond donors (Lipinski definition) is 3. The standard InChI is InChI=1S/C17H20ClN5O/c1-20-17(21-9-8-13-4-7-15(18)22-10-13)23-11-12-2-5-14(6-3-12)16(19)24/h2-7,10H,8-9,11H2,1H3,(H2,19,24)(H2,20,21,23). The number of primary amides is 1. The van der Waals surface area contributed by atoms with Gasteiger partial charge in [0.25, 0.3) is 0 Å². The molecular formula is C17H20ClN5O. The zero-order valence-corrected chi connectivity index (χ0v) is 14.2. The van der Waals surface area contributed by atoms with Gasteiger partial charge in [-0.3, -0.25) is 9.79 Å². The second kappa shape index (κ2) is 8.88. The first-order chi connectivity index (χ1) is 11.6. The van der Waals surface area contributed by atoms with E-state index in [4.69, 9.17) is 17.3 Å². The lowest BCUT2D eigenvalue weighted by Crippen LogP contribution is -2.37. The molecule has 126 valence electrons. The Bertz CT molecular complexity index is 698. The van der Waals surface area contributed by atoms with Gasteiger partial charge in [-0.05, 0) is 35.7 Å². The summed E-state index contributed by atoms with van der Waals surface area (Å²) in [7, 11) is 1.72. The molecule has 0 unspecified atom stereocenters. The topological polar surface area (TPSA) is 92.4 Å². The van der Waals surface area contributed by atoms with Gasteiger partial charge in [-0.2, -0.15) is 0 Å². The molecular weight excluding hydrogens is 326 g/mol. The number of aliphatic imine (C=N–C) groups is 1. The lowest BCUT2D eigenvalue weighted by atomic mass is 10.1. The fourth-order valence-electron chi connectivity index (χ4n) is 2.07. The zero-order chi connectivity index (χ0) is 17.4. The van der Waals surface area contributed by atoms with Gasteiger partial charge >= 0.3 is 0 Å². The Kier molecular flexibility index (Phi) is 6.57. The summed E-state index contributed by atoms with van der Waals surface area (Å²) < 4.78 is 0. The molecule has 0 saturated carbocycles. The van der Waals surface area contributed by atoms with Crippen LogP contribution in [0.5, 0.6) is 0 Å². The summed E-state index contributed by atoms with van der Waals surface area (Å²) in [5.41, 5.74) is 7.85. The van der Waals surface area contributed by atoms with Crippen molar-refractivity contribution in [2.75, 3.05) is 13.6 Å². The number of nitrogens with zero attached hydrogens (tertiary/aromatic N) is 2. The van der Waals surface area contributed by atoms with Crippen molar-refractivity contribution in [3.63, 3.8) is 0 Å². The van der Waals surface area contributed by atoms with Crippen LogP contribution in [-0.2, 0) is 13.0 Å². The first-order valence-electron chi connectivity index (χ1n) is 7.52. The van der Waals surface area contributed by atoms with Crippen molar-refractivity contribution in [1.82, 2.24) is 15.6 Å². The Hall–Kier alpha value is -2.60. The molecule has 0 aliphatic rings. The highest BCUT2D eigenvalue weighted by Crippen LogP contribution is 2.05. The first-order valence-corrected chi connectivity index (χ1v) is 7.90. The molecule has 6 nitrogen and oxygen atoms in total. The maximum Gasteiger partial charge on any atom is 0.248 e. The van der Waals surface area contributed by atoms with Crippen LogP contribution in [0.4, 0.5) is 0 Å². The van der Waals surface area contributed by atoms with E-state index in [9.17, 15) is 4.79 Å². The summed E-state index contributed by atoms with van der Waals surface area (Å²) in [4.78, 5) is 19.3. The van der Waals surface area contributed by atoms with E-state index in [0.29, 0.717) is 23.2 Å². The highest BCUT2D eigenvalue weighted by atomic mass is 35.5. The number of rotatable bonds is 6. The van der Waals surface area contributed by atoms with Gasteiger partial charge in [0.2, 0.25) is 5.91 Å². The van der Waals surface area contributed by atoms with Crippen LogP contribution in [0, 0.1) is 0 Å². The van der Waals surface area contributed by atoms with E-state index in [1.54, 1.807) is 31.4 Å². The fourth-order valence-corrected chi connectivity index (χ4v) is 2.18. The molecule has 1 heterocycles. The molecule has 0 spiro atoms. The summed E-state index contributed by atoms with van der Waals surface area (Å²) in [6, 6.07) is 10.9. The molecule has 0 bridgehead atoms. The normalized spacial score (nSPS) is 11.2. The van der Waals surface area contributed by atoms with Crippen LogP contribution >= 0.6 is 11.6 Å². The molecule has 0 aliphatic carbocycles. The van der Waals surface area contributed by atoms with Gasteiger partial charge in [-0.15, -0.1) is 0 Å². The minimum Gasteiger partial charge on any atom is -0.366 e. The average Bonchev–Trinajstić information content (AvgIpc) is 2.60. The smallest absolute Gasteiger partial charge is 0.248 e. The van der Waals surface area contributed by atoms with E-state index < -0.39 is 5.91 Å². The summed E-state index contributed by atoms with van der Waals surface area (Å²) >= 11 is 5.76. The van der Waals surface area contributed by atoms with E-state index >= 15 is 0 Å². The van der Waals surface area contributed by atoms with Crippen LogP contribution < -0.4 is 16.4 Å². The van der Waals surface area contributed by atoms with Crippen LogP contribution in [-0.4, -0.2) is 30.4 Å². The number of carbonyl (C=O) groups is 1. The maximum absolute atomic E-state index is 11.0. The Labute approximate surface area is 146 Å². The minimum atomic E-state index is -0.427. The van der Waals surface area contributed by atoms with Gasteiger partial charge < -0.3 is 16.4 Å². The van der Waals surface area contributed by atoms with Crippen molar-refractivity contribution in [2.24, 2.45) is 10.7 Å². The molecule has 24 heavy (non-hydrogen) atoms. The number of carbonyl (C=O) groups excluding carboxylic acids is 1. The van der Waals surface area contributed by atoms with Crippen LogP contribution in [0.1, 0.15) is 21.5 Å². The summed E-state index contributed by atoms with van der Waals surface area (Å²) in [5, 5.41) is 6.94. The number of halogens is 1. The molecule has 0 aliphatic heterocycles. The Balaban J connectivity index is 1.77. The quantitative estimate of drug-likeness (QED) is 0.422. The molecule has 0 atom stereocenters. The molecule has 2 rings (SSSR count). The van der Waals surface area contributed by atoms with Crippen molar-refractivity contribution < 1.29 is 4.79 Å². The predicted molar refractivity (Wildman–Crippen MR) is 96.1 cm³/mol. The Morgan fingerprint density at radius 1 is 1.17 bits per heavy atom. The molecule has 4 N–H and O–H groups in total. The summed E-state index contributed by atoms with van der Waals surface area (Å²) in [6.07, 6.45) is 2.58. The summed E-state index contributed by atoms with van der Waals surface area (Å²) in [5.74, 6) is 0.277. The monoisotopic (exact) mass is 345 g/mol. The SMILES string of the molecule is CN=C(NCCc1ccc(Cl)nc1)NCc1ccc(C(N)=O)cc1. The number of benzene rings is 1. The Morgan fingerprint density at radius 3 is 2.46 bits per heavy atom. The van der Waals surface area contributed by atoms with Gasteiger partial charge in [0.05, 0.1) is 0 Å². The number of pyridine rings is 1. The molecule has 1 aromatic carbocycles. The molecule has 0 fully saturated rings. The molecule has 0 radical (unpaired) electrons. The number of aromatic nitrogens is 1. The minimum absolute atomic E-state index is 0.427. The second-order valence-electron chi connectivity index (χ2n) is 5.15. The number of hydrogen-bond acceptors (Lipinski definition) is 3. The van der Waals surface area contributed by atoms with Gasteiger partial charge in [0, 0.05) is 31.9 Å². The maximum atomic E-state index is 11.0. The zero-order valence-electron chi connectivity index (χ0n) is 13.4. The van der Waals surface area contributed by atoms with Crippen LogP contribution in [0.3, 0.4) is 0 Å². The molecule has 1 aromatic heterocycles. The largest absolute Gasteiger partial charge is 0.366 e. The van der Waals surface area contributed by atoms with E-state index in [1.165, 1.54) is 0 Å². The number of amides is 1. The van der Waals surface area contributed by atoms with Crippen molar-refractivity contribution in [3.8, 4) is 0 Å². The van der Waals surface area contributed by atoms with Gasteiger partial charge in [-0.25, -0.2) is 4.98 Å². The highest BCUT2D eigenvalue weighted by Gasteiger charge is 2.02. The first kappa shape index (κ1) is 17.7. The van der Waals surface area contributed by atoms with E-state index in [-0.39, 0.29) is 0 Å². The predicted octanol–water partition coefficient (Wildman–Crippen LogP) is 1.74. The summed E-state index contributed by atoms with van der Waals surface area (Å²) in [6.45, 7) is 1.32. The van der Waals surface area contributed by atoms with Crippen molar-refractivity contribution >= 4 is 23.5 Å². The third-order valence-corrected chi connectivity index (χ3v) is 3.64. The van der Waals surface area contributed by atoms with Gasteiger partial charge in [0.15, 0.2) is 5.96 Å². The molecule has 0 saturated heterocycles. The lowest BCUT2D eigenvalue weighted by Gasteiger charge is -2.12. The third kappa shape index (κ3) is 5.55. The van der Waals surface area contributed by atoms with Crippen LogP contribution in [0.15, 0.2) is 47.6 Å². The molecule has 1 amide bonds. The van der Waals surface area contributed by atoms with Crippen molar-refractivity contribution in [2.45, 2.75) is 13.0 Å². The van der Waals surface area contributed by atoms with Crippen LogP contribution in [0.25, 0.3) is 0 Å². The van der Waals surface area contributed by atoms with E-state index in [0.717, 1.165) is 24.1 Å². The van der Waals surface area contributed by atoms with E-state index in [1.807, 2.05) is 18.2 Å². The van der Waals surface area contributed by atoms with Crippen molar-refractivity contribution in [1.29, 1.82) is 0 Å².